The van der Waals surface area contributed by atoms with Crippen LogP contribution in [0.3, 0.4) is 0 Å². The quantitative estimate of drug-likeness (QED) is 0.0835. The summed E-state index contributed by atoms with van der Waals surface area (Å²) in [5.41, 5.74) is 10.8. The summed E-state index contributed by atoms with van der Waals surface area (Å²) < 4.78 is 39.1. The number of ketones is 1. The second kappa shape index (κ2) is 25.8. The number of amides is 1. The molecule has 4 N–H and O–H groups in total. The van der Waals surface area contributed by atoms with Gasteiger partial charge in [-0.15, -0.1) is 0 Å². The molecule has 1 amide bonds. The first-order valence-corrected chi connectivity index (χ1v) is 24.6. The number of hydrogen-bond donors (Lipinski definition) is 3. The Hall–Kier alpha value is -5.20. The molecule has 0 aliphatic heterocycles. The molecule has 4 fully saturated rings. The van der Waals surface area contributed by atoms with Gasteiger partial charge in [0.05, 0.1) is 16.8 Å². The minimum absolute atomic E-state index is 0.101. The predicted molar refractivity (Wildman–Crippen MR) is 275 cm³/mol. The maximum absolute atomic E-state index is 13.0. The molecule has 0 spiro atoms. The van der Waals surface area contributed by atoms with Crippen molar-refractivity contribution in [1.82, 2.24) is 5.32 Å². The van der Waals surface area contributed by atoms with Crippen LogP contribution in [0.1, 0.15) is 124 Å². The van der Waals surface area contributed by atoms with Crippen molar-refractivity contribution in [2.75, 3.05) is 0 Å². The summed E-state index contributed by atoms with van der Waals surface area (Å²) in [5.74, 6) is 0.806. The molecule has 0 bridgehead atoms. The van der Waals surface area contributed by atoms with E-state index >= 15 is 0 Å². The highest BCUT2D eigenvalue weighted by molar-refractivity contribution is 6.31. The van der Waals surface area contributed by atoms with E-state index in [2.05, 4.69) is 22.6 Å². The lowest BCUT2D eigenvalue weighted by atomic mass is 9.75. The third-order valence-corrected chi connectivity index (χ3v) is 14.1. The number of rotatable bonds is 7. The summed E-state index contributed by atoms with van der Waals surface area (Å²) in [6.07, 6.45) is 3.97. The lowest BCUT2D eigenvalue weighted by Gasteiger charge is -2.37. The van der Waals surface area contributed by atoms with Gasteiger partial charge in [-0.25, -0.2) is 0 Å². The summed E-state index contributed by atoms with van der Waals surface area (Å²) in [6.45, 7) is 0. The lowest BCUT2D eigenvalue weighted by Crippen LogP contribution is -2.45. The Morgan fingerprint density at radius 1 is 0.586 bits per heavy atom. The monoisotopic (exact) mass is 1050 g/mol. The predicted octanol–water partition coefficient (Wildman–Crippen LogP) is 15.6. The normalized spacial score (nSPS) is 21.3. The molecule has 0 heterocycles. The largest absolute Gasteiger partial charge is 0.417 e. The van der Waals surface area contributed by atoms with E-state index in [-0.39, 0.29) is 23.4 Å². The second-order valence-electron chi connectivity index (χ2n) is 17.3. The Labute approximate surface area is 431 Å². The van der Waals surface area contributed by atoms with Crippen LogP contribution in [-0.4, -0.2) is 41.0 Å². The number of halogens is 8. The van der Waals surface area contributed by atoms with Crippen molar-refractivity contribution in [3.05, 3.63) is 210 Å². The van der Waals surface area contributed by atoms with Crippen LogP contribution in [0.4, 0.5) is 13.2 Å². The third kappa shape index (κ3) is 15.2. The summed E-state index contributed by atoms with van der Waals surface area (Å²) >= 11 is 28.7. The number of oxime groups is 1. The third-order valence-electron chi connectivity index (χ3n) is 12.8. The van der Waals surface area contributed by atoms with Crippen molar-refractivity contribution >= 4 is 81.7 Å². The van der Waals surface area contributed by atoms with Gasteiger partial charge < -0.3 is 16.3 Å². The molecular weight excluding hydrogens is 1000 g/mol. The first-order chi connectivity index (χ1) is 33.5. The molecule has 7 nitrogen and oxygen atoms in total. The summed E-state index contributed by atoms with van der Waals surface area (Å²) in [4.78, 5) is 33.5. The van der Waals surface area contributed by atoms with Crippen molar-refractivity contribution < 1.29 is 32.8 Å². The number of alkyl halides is 3. The summed E-state index contributed by atoms with van der Waals surface area (Å²) in [7, 11) is 0. The maximum atomic E-state index is 13.0. The van der Waals surface area contributed by atoms with E-state index in [9.17, 15) is 27.6 Å². The SMILES string of the molecule is N[C@@H]1CCC1c1ccc(Cl)cc1.O/N=C1\CCC1c1ccc(Cl)cc1.O=C(N[C@@H]1CCC1c1ccc(Cl)cc1)c1ccccc1C(F)(F)F.O=C1CCC1c1ccc(Cl)cc1.O=Cc1ccc(Cl)cc1. The zero-order valence-corrected chi connectivity index (χ0v) is 41.6. The van der Waals surface area contributed by atoms with E-state index in [1.165, 1.54) is 35.7 Å². The van der Waals surface area contributed by atoms with Crippen molar-refractivity contribution in [3.8, 4) is 0 Å². The van der Waals surface area contributed by atoms with Crippen LogP contribution in [0.15, 0.2) is 151 Å². The smallest absolute Gasteiger partial charge is 0.411 e. The van der Waals surface area contributed by atoms with Crippen LogP contribution in [0.5, 0.6) is 0 Å². The number of benzene rings is 6. The highest BCUT2D eigenvalue weighted by Crippen LogP contribution is 2.39. The average molecular weight is 1050 g/mol. The molecule has 0 radical (unpaired) electrons. The first kappa shape index (κ1) is 54.1. The minimum atomic E-state index is -4.55. The van der Waals surface area contributed by atoms with Gasteiger partial charge in [-0.05, 0) is 146 Å². The van der Waals surface area contributed by atoms with Crippen molar-refractivity contribution in [3.63, 3.8) is 0 Å². The second-order valence-corrected chi connectivity index (χ2v) is 19.5. The van der Waals surface area contributed by atoms with Gasteiger partial charge in [0.15, 0.2) is 0 Å². The Balaban J connectivity index is 0.000000151. The molecule has 70 heavy (non-hydrogen) atoms. The summed E-state index contributed by atoms with van der Waals surface area (Å²) in [6, 6.07) is 42.3. The van der Waals surface area contributed by atoms with Crippen LogP contribution < -0.4 is 11.1 Å². The van der Waals surface area contributed by atoms with Gasteiger partial charge in [-0.3, -0.25) is 14.4 Å². The van der Waals surface area contributed by atoms with Gasteiger partial charge in [0.2, 0.25) is 0 Å². The molecule has 15 heteroatoms. The van der Waals surface area contributed by atoms with Crippen LogP contribution in [0.2, 0.25) is 25.1 Å². The standard InChI is InChI=1S/C18H15ClF3NO.C10H10ClNO.C10H12ClN.C10H9ClO.C7H5ClO/c19-12-7-5-11(6-8-12)13-9-10-16(13)23-17(24)14-3-1-2-4-15(14)18(20,21)22;11-8-3-1-7(2-4-8)9-5-6-10(9)12-13;2*11-8-3-1-7(2-4-8)9-5-6-10(9)12;8-7-3-1-6(5-9)2-4-7/h1-8,13,16H,9-10H2,(H,23,24);1-4,9,13H,5-6H2;1-4,9-10H,5-6,12H2;1-4,9H,5-6H2;1-5H/b;12-10+;;;/t13?,16-;;9?,10-;;/m1.1../s1. The average Bonchev–Trinajstić information content (AvgIpc) is 3.33. The molecule has 6 atom stereocenters. The molecule has 10 rings (SSSR count). The highest BCUT2D eigenvalue weighted by atomic mass is 35.5. The van der Waals surface area contributed by atoms with Gasteiger partial charge in [-0.2, -0.15) is 13.2 Å². The Kier molecular flexibility index (Phi) is 19.9. The molecule has 4 unspecified atom stereocenters. The highest BCUT2D eigenvalue weighted by Gasteiger charge is 2.38. The minimum Gasteiger partial charge on any atom is -0.411 e. The van der Waals surface area contributed by atoms with E-state index in [1.54, 1.807) is 36.4 Å². The fourth-order valence-electron chi connectivity index (χ4n) is 8.19. The van der Waals surface area contributed by atoms with Crippen molar-refractivity contribution in [2.45, 2.75) is 93.3 Å². The zero-order valence-electron chi connectivity index (χ0n) is 37.8. The number of nitrogens with one attached hydrogen (secondary N) is 1. The Morgan fingerprint density at radius 3 is 1.39 bits per heavy atom. The van der Waals surface area contributed by atoms with Gasteiger partial charge in [0.25, 0.3) is 5.91 Å². The molecule has 0 aromatic heterocycles. The molecule has 6 aromatic rings. The van der Waals surface area contributed by atoms with Gasteiger partial charge in [0, 0.05) is 66.9 Å². The maximum Gasteiger partial charge on any atom is 0.417 e. The molecule has 4 aliphatic rings. The molecule has 0 saturated heterocycles. The fourth-order valence-corrected chi connectivity index (χ4v) is 8.82. The Morgan fingerprint density at radius 2 is 1.03 bits per heavy atom. The van der Waals surface area contributed by atoms with Crippen LogP contribution in [0.25, 0.3) is 0 Å². The number of aldehydes is 1. The number of nitrogens with zero attached hydrogens (tertiary/aromatic N) is 1. The topological polar surface area (TPSA) is 122 Å². The van der Waals surface area contributed by atoms with E-state index < -0.39 is 17.6 Å². The van der Waals surface area contributed by atoms with E-state index in [1.807, 2.05) is 72.8 Å². The number of carbonyl (C=O) groups excluding carboxylic acids is 3. The van der Waals surface area contributed by atoms with E-state index in [0.717, 1.165) is 89.2 Å². The number of hydrogen-bond acceptors (Lipinski definition) is 6. The van der Waals surface area contributed by atoms with Crippen molar-refractivity contribution in [1.29, 1.82) is 0 Å². The first-order valence-electron chi connectivity index (χ1n) is 22.7. The van der Waals surface area contributed by atoms with Gasteiger partial charge >= 0.3 is 6.18 Å². The summed E-state index contributed by atoms with van der Waals surface area (Å²) in [5, 5.41) is 18.2. The Bertz CT molecular complexity index is 2690. The number of nitrogens with two attached hydrogens (primary N) is 1. The van der Waals surface area contributed by atoms with E-state index in [4.69, 9.17) is 68.9 Å². The van der Waals surface area contributed by atoms with Crippen molar-refractivity contribution in [2.24, 2.45) is 10.9 Å². The van der Waals surface area contributed by atoms with Crippen LogP contribution >= 0.6 is 58.0 Å². The molecule has 4 saturated carbocycles. The number of carbonyl (C=O) groups is 3. The molecular formula is C55H51Cl5F3N3O4. The molecule has 366 valence electrons. The molecule has 6 aromatic carbocycles. The zero-order chi connectivity index (χ0) is 50.4. The van der Waals surface area contributed by atoms with E-state index in [0.29, 0.717) is 39.3 Å². The van der Waals surface area contributed by atoms with Crippen LogP contribution in [-0.2, 0) is 11.0 Å². The van der Waals surface area contributed by atoms with Gasteiger partial charge in [0.1, 0.15) is 12.1 Å². The lowest BCUT2D eigenvalue weighted by molar-refractivity contribution is -0.138. The fraction of sp³-hybridized carbons (Fsp3) is 0.273. The van der Waals surface area contributed by atoms with Crippen LogP contribution in [0, 0.1) is 0 Å². The number of Topliss-reactive ketones (excluding diaryl/α,β-unsaturated/α-hetero) is 1. The molecule has 4 aliphatic carbocycles. The van der Waals surface area contributed by atoms with Gasteiger partial charge in [-0.1, -0.05) is 136 Å².